The minimum atomic E-state index is -0.802. The molecule has 2 amide bonds. The largest absolute Gasteiger partial charge is 0.337 e. The Morgan fingerprint density at radius 3 is 2.21 bits per heavy atom. The molecule has 5 heteroatoms. The van der Waals surface area contributed by atoms with Crippen molar-refractivity contribution in [2.75, 3.05) is 20.1 Å². The Bertz CT molecular complexity index is 214. The number of hydrogen-bond donors (Lipinski definition) is 3. The maximum absolute atomic E-state index is 11.2. The van der Waals surface area contributed by atoms with Crippen LogP contribution in [0.25, 0.3) is 0 Å². The molecule has 0 saturated carbocycles. The van der Waals surface area contributed by atoms with E-state index in [2.05, 4.69) is 16.0 Å². The van der Waals surface area contributed by atoms with Crippen LogP contribution in [0.4, 0.5) is 4.79 Å². The lowest BCUT2D eigenvalue weighted by Crippen LogP contribution is -2.53. The van der Waals surface area contributed by atoms with Crippen LogP contribution in [0.2, 0.25) is 0 Å². The van der Waals surface area contributed by atoms with Gasteiger partial charge in [-0.1, -0.05) is 0 Å². The van der Waals surface area contributed by atoms with E-state index in [9.17, 15) is 9.59 Å². The number of hydrogen-bond acceptors (Lipinski definition) is 3. The van der Waals surface area contributed by atoms with Crippen molar-refractivity contribution >= 4 is 11.8 Å². The summed E-state index contributed by atoms with van der Waals surface area (Å²) in [5.41, 5.74) is -0.802. The summed E-state index contributed by atoms with van der Waals surface area (Å²) >= 11 is 0. The van der Waals surface area contributed by atoms with E-state index < -0.39 is 5.54 Å². The highest BCUT2D eigenvalue weighted by Crippen LogP contribution is 2.02. The molecule has 82 valence electrons. The lowest BCUT2D eigenvalue weighted by Gasteiger charge is -2.23. The Kier molecular flexibility index (Phi) is 5.15. The fourth-order valence-electron chi connectivity index (χ4n) is 0.717. The van der Waals surface area contributed by atoms with Crippen molar-refractivity contribution in [1.82, 2.24) is 16.0 Å². The van der Waals surface area contributed by atoms with Gasteiger partial charge in [0.15, 0.2) is 5.78 Å². The molecule has 0 aromatic heterocycles. The first-order chi connectivity index (χ1) is 6.40. The number of ketones is 1. The average Bonchev–Trinajstić information content (AvgIpc) is 2.03. The number of carbonyl (C=O) groups is 2. The van der Waals surface area contributed by atoms with Crippen molar-refractivity contribution in [2.24, 2.45) is 0 Å². The fraction of sp³-hybridized carbons (Fsp3) is 0.778. The maximum Gasteiger partial charge on any atom is 0.315 e. The normalized spacial score (nSPS) is 10.9. The second-order valence-electron chi connectivity index (χ2n) is 3.67. The van der Waals surface area contributed by atoms with Crippen LogP contribution >= 0.6 is 0 Å². The SMILES string of the molecule is CNCCNC(=O)NC(C)(C)C(C)=O. The lowest BCUT2D eigenvalue weighted by atomic mass is 10.0. The Morgan fingerprint density at radius 2 is 1.79 bits per heavy atom. The second-order valence-corrected chi connectivity index (χ2v) is 3.67. The van der Waals surface area contributed by atoms with Gasteiger partial charge in [0.1, 0.15) is 0 Å². The van der Waals surface area contributed by atoms with Gasteiger partial charge in [-0.2, -0.15) is 0 Å². The molecule has 0 aliphatic rings. The van der Waals surface area contributed by atoms with Gasteiger partial charge in [0.05, 0.1) is 5.54 Å². The average molecular weight is 201 g/mol. The van der Waals surface area contributed by atoms with Crippen LogP contribution in [-0.4, -0.2) is 37.5 Å². The third-order valence-electron chi connectivity index (χ3n) is 1.97. The number of likely N-dealkylation sites (N-methyl/N-ethyl adjacent to an activating group) is 1. The summed E-state index contributed by atoms with van der Waals surface area (Å²) in [5, 5.41) is 8.12. The Balaban J connectivity index is 3.88. The monoisotopic (exact) mass is 201 g/mol. The van der Waals surface area contributed by atoms with Crippen molar-refractivity contribution in [3.63, 3.8) is 0 Å². The van der Waals surface area contributed by atoms with Crippen LogP contribution in [0.1, 0.15) is 20.8 Å². The van der Waals surface area contributed by atoms with Crippen LogP contribution in [0.15, 0.2) is 0 Å². The van der Waals surface area contributed by atoms with Crippen LogP contribution in [0.5, 0.6) is 0 Å². The van der Waals surface area contributed by atoms with Crippen molar-refractivity contribution in [3.8, 4) is 0 Å². The molecule has 0 fully saturated rings. The van der Waals surface area contributed by atoms with Gasteiger partial charge in [-0.05, 0) is 27.8 Å². The quantitative estimate of drug-likeness (QED) is 0.543. The molecule has 5 nitrogen and oxygen atoms in total. The van der Waals surface area contributed by atoms with E-state index in [0.717, 1.165) is 0 Å². The maximum atomic E-state index is 11.2. The molecular weight excluding hydrogens is 182 g/mol. The zero-order valence-corrected chi connectivity index (χ0v) is 9.23. The predicted molar refractivity (Wildman–Crippen MR) is 55.2 cm³/mol. The van der Waals surface area contributed by atoms with E-state index >= 15 is 0 Å². The van der Waals surface area contributed by atoms with E-state index in [4.69, 9.17) is 0 Å². The summed E-state index contributed by atoms with van der Waals surface area (Å²) in [6, 6.07) is -0.319. The summed E-state index contributed by atoms with van der Waals surface area (Å²) < 4.78 is 0. The number of rotatable bonds is 5. The van der Waals surface area contributed by atoms with Crippen LogP contribution in [0, 0.1) is 0 Å². The number of carbonyl (C=O) groups excluding carboxylic acids is 2. The molecule has 0 aliphatic carbocycles. The van der Waals surface area contributed by atoms with E-state index in [1.807, 2.05) is 0 Å². The molecule has 0 heterocycles. The molecule has 0 radical (unpaired) electrons. The Labute approximate surface area is 84.6 Å². The summed E-state index contributed by atoms with van der Waals surface area (Å²) in [6.07, 6.45) is 0. The smallest absolute Gasteiger partial charge is 0.315 e. The molecular formula is C9H19N3O2. The molecule has 0 aliphatic heterocycles. The molecule has 0 saturated heterocycles. The van der Waals surface area contributed by atoms with E-state index in [1.165, 1.54) is 6.92 Å². The Hall–Kier alpha value is -1.10. The van der Waals surface area contributed by atoms with E-state index in [1.54, 1.807) is 20.9 Å². The van der Waals surface area contributed by atoms with Gasteiger partial charge in [0.2, 0.25) is 0 Å². The van der Waals surface area contributed by atoms with Gasteiger partial charge in [0.25, 0.3) is 0 Å². The van der Waals surface area contributed by atoms with Gasteiger partial charge in [-0.15, -0.1) is 0 Å². The number of urea groups is 1. The van der Waals surface area contributed by atoms with Gasteiger partial charge in [0, 0.05) is 13.1 Å². The minimum Gasteiger partial charge on any atom is -0.337 e. The summed E-state index contributed by atoms with van der Waals surface area (Å²) in [7, 11) is 1.80. The molecule has 0 spiro atoms. The van der Waals surface area contributed by atoms with Crippen molar-refractivity contribution in [3.05, 3.63) is 0 Å². The standard InChI is InChI=1S/C9H19N3O2/c1-7(13)9(2,3)12-8(14)11-6-5-10-4/h10H,5-6H2,1-4H3,(H2,11,12,14). The highest BCUT2D eigenvalue weighted by Gasteiger charge is 2.25. The molecule has 3 N–H and O–H groups in total. The topological polar surface area (TPSA) is 70.2 Å². The first kappa shape index (κ1) is 12.9. The zero-order valence-electron chi connectivity index (χ0n) is 9.23. The predicted octanol–water partition coefficient (Wildman–Crippen LogP) is -0.127. The van der Waals surface area contributed by atoms with E-state index in [-0.39, 0.29) is 11.8 Å². The first-order valence-electron chi connectivity index (χ1n) is 4.62. The number of nitrogens with one attached hydrogen (secondary N) is 3. The minimum absolute atomic E-state index is 0.0683. The third kappa shape index (κ3) is 4.81. The summed E-state index contributed by atoms with van der Waals surface area (Å²) in [5.74, 6) is -0.0683. The molecule has 0 aromatic carbocycles. The summed E-state index contributed by atoms with van der Waals surface area (Å²) in [6.45, 7) is 6.04. The van der Waals surface area contributed by atoms with Gasteiger partial charge >= 0.3 is 6.03 Å². The van der Waals surface area contributed by atoms with Crippen LogP contribution < -0.4 is 16.0 Å². The third-order valence-corrected chi connectivity index (χ3v) is 1.97. The molecule has 0 unspecified atom stereocenters. The second kappa shape index (κ2) is 5.59. The van der Waals surface area contributed by atoms with Crippen molar-refractivity contribution in [2.45, 2.75) is 26.3 Å². The molecule has 0 aromatic rings. The van der Waals surface area contributed by atoms with Gasteiger partial charge in [-0.3, -0.25) is 4.79 Å². The molecule has 14 heavy (non-hydrogen) atoms. The zero-order chi connectivity index (χ0) is 11.2. The van der Waals surface area contributed by atoms with Crippen LogP contribution in [0.3, 0.4) is 0 Å². The first-order valence-corrected chi connectivity index (χ1v) is 4.62. The molecule has 0 rings (SSSR count). The highest BCUT2D eigenvalue weighted by atomic mass is 16.2. The van der Waals surface area contributed by atoms with Crippen molar-refractivity contribution in [1.29, 1.82) is 0 Å². The number of Topliss-reactive ketones (excluding diaryl/α,β-unsaturated/α-hetero) is 1. The fourth-order valence-corrected chi connectivity index (χ4v) is 0.717. The lowest BCUT2D eigenvalue weighted by molar-refractivity contribution is -0.121. The van der Waals surface area contributed by atoms with Crippen molar-refractivity contribution < 1.29 is 9.59 Å². The van der Waals surface area contributed by atoms with Crippen LogP contribution in [-0.2, 0) is 4.79 Å². The van der Waals surface area contributed by atoms with E-state index in [0.29, 0.717) is 13.1 Å². The number of amides is 2. The Morgan fingerprint density at radius 1 is 1.21 bits per heavy atom. The molecule has 0 atom stereocenters. The highest BCUT2D eigenvalue weighted by molar-refractivity contribution is 5.90. The van der Waals surface area contributed by atoms with Gasteiger partial charge < -0.3 is 16.0 Å². The summed E-state index contributed by atoms with van der Waals surface area (Å²) in [4.78, 5) is 22.3. The van der Waals surface area contributed by atoms with Gasteiger partial charge in [-0.25, -0.2) is 4.79 Å². The molecule has 0 bridgehead atoms.